The van der Waals surface area contributed by atoms with Gasteiger partial charge in [0, 0.05) is 24.2 Å². The van der Waals surface area contributed by atoms with Crippen LogP contribution in [0.4, 0.5) is 0 Å². The normalized spacial score (nSPS) is 18.8. The molecule has 1 aliphatic carbocycles. The zero-order valence-electron chi connectivity index (χ0n) is 16.7. The van der Waals surface area contributed by atoms with Crippen LogP contribution < -0.4 is 15.4 Å². The Morgan fingerprint density at radius 3 is 2.25 bits per heavy atom. The zero-order chi connectivity index (χ0) is 19.1. The number of nitrogens with one attached hydrogen (secondary N) is 2. The van der Waals surface area contributed by atoms with Crippen molar-refractivity contribution in [3.8, 4) is 22.9 Å². The van der Waals surface area contributed by atoms with Crippen LogP contribution in [-0.4, -0.2) is 25.7 Å². The minimum Gasteiger partial charge on any atom is -0.494 e. The number of hydrogen-bond donors (Lipinski definition) is 2. The first-order valence-electron chi connectivity index (χ1n) is 9.90. The van der Waals surface area contributed by atoms with E-state index in [1.54, 1.807) is 0 Å². The van der Waals surface area contributed by atoms with E-state index in [1.165, 1.54) is 31.2 Å². The third kappa shape index (κ3) is 5.72. The average Bonchev–Trinajstić information content (AvgIpc) is 2.73. The van der Waals surface area contributed by atoms with Crippen molar-refractivity contribution in [3.63, 3.8) is 0 Å². The monoisotopic (exact) mass is 399 g/mol. The van der Waals surface area contributed by atoms with E-state index in [1.807, 2.05) is 31.2 Å². The molecule has 0 unspecified atom stereocenters. The van der Waals surface area contributed by atoms with E-state index in [9.17, 15) is 0 Å². The molecule has 0 bridgehead atoms. The van der Waals surface area contributed by atoms with E-state index < -0.39 is 0 Å². The Kier molecular flexibility index (Phi) is 8.79. The summed E-state index contributed by atoms with van der Waals surface area (Å²) in [5.74, 6) is 0.950. The van der Waals surface area contributed by atoms with Crippen molar-refractivity contribution < 1.29 is 4.74 Å². The quantitative estimate of drug-likeness (QED) is 0.710. The van der Waals surface area contributed by atoms with E-state index in [0.717, 1.165) is 23.4 Å². The Labute approximate surface area is 174 Å². The molecule has 2 aromatic rings. The SMILES string of the molecule is CCOc1ccc(-c2ccc(C#N)cc2)cc1CNC1CCC(NC)CC1.Cl. The molecule has 0 aliphatic heterocycles. The van der Waals surface area contributed by atoms with Gasteiger partial charge in [-0.15, -0.1) is 12.4 Å². The molecule has 0 saturated heterocycles. The van der Waals surface area contributed by atoms with Crippen LogP contribution in [0.15, 0.2) is 42.5 Å². The summed E-state index contributed by atoms with van der Waals surface area (Å²) in [7, 11) is 2.06. The molecule has 1 fully saturated rings. The molecule has 1 saturated carbocycles. The summed E-state index contributed by atoms with van der Waals surface area (Å²) in [5, 5.41) is 16.1. The van der Waals surface area contributed by atoms with Gasteiger partial charge in [0.1, 0.15) is 5.75 Å². The molecule has 5 heteroatoms. The Morgan fingerprint density at radius 2 is 1.64 bits per heavy atom. The fourth-order valence-corrected chi connectivity index (χ4v) is 3.77. The first kappa shape index (κ1) is 22.2. The average molecular weight is 400 g/mol. The molecule has 1 aliphatic rings. The highest BCUT2D eigenvalue weighted by Gasteiger charge is 2.19. The maximum atomic E-state index is 8.99. The Balaban J connectivity index is 0.00000280. The van der Waals surface area contributed by atoms with E-state index in [0.29, 0.717) is 24.3 Å². The molecule has 4 nitrogen and oxygen atoms in total. The summed E-state index contributed by atoms with van der Waals surface area (Å²) in [4.78, 5) is 0. The Bertz CT molecular complexity index is 777. The molecule has 0 radical (unpaired) electrons. The molecule has 3 rings (SSSR count). The van der Waals surface area contributed by atoms with E-state index in [-0.39, 0.29) is 12.4 Å². The third-order valence-electron chi connectivity index (χ3n) is 5.42. The molecule has 2 N–H and O–H groups in total. The van der Waals surface area contributed by atoms with Gasteiger partial charge >= 0.3 is 0 Å². The van der Waals surface area contributed by atoms with Crippen LogP contribution in [0.3, 0.4) is 0 Å². The lowest BCUT2D eigenvalue weighted by atomic mass is 9.91. The van der Waals surface area contributed by atoms with Crippen LogP contribution in [0.5, 0.6) is 5.75 Å². The predicted octanol–water partition coefficient (Wildman–Crippen LogP) is 4.67. The first-order chi connectivity index (χ1) is 13.2. The van der Waals surface area contributed by atoms with Crippen LogP contribution in [0.2, 0.25) is 0 Å². The van der Waals surface area contributed by atoms with Crippen LogP contribution in [0, 0.1) is 11.3 Å². The molecule has 0 aromatic heterocycles. The number of hydrogen-bond acceptors (Lipinski definition) is 4. The van der Waals surface area contributed by atoms with E-state index in [4.69, 9.17) is 10.00 Å². The van der Waals surface area contributed by atoms with E-state index >= 15 is 0 Å². The lowest BCUT2D eigenvalue weighted by molar-refractivity contribution is 0.310. The van der Waals surface area contributed by atoms with Crippen molar-refractivity contribution in [3.05, 3.63) is 53.6 Å². The predicted molar refractivity (Wildman–Crippen MR) is 117 cm³/mol. The van der Waals surface area contributed by atoms with Gasteiger partial charge in [-0.3, -0.25) is 0 Å². The fourth-order valence-electron chi connectivity index (χ4n) is 3.77. The van der Waals surface area contributed by atoms with Crippen molar-refractivity contribution >= 4 is 12.4 Å². The maximum absolute atomic E-state index is 8.99. The smallest absolute Gasteiger partial charge is 0.123 e. The topological polar surface area (TPSA) is 57.1 Å². The molecule has 0 heterocycles. The molecule has 150 valence electrons. The molecule has 0 atom stereocenters. The maximum Gasteiger partial charge on any atom is 0.123 e. The molecular formula is C23H30ClN3O. The van der Waals surface area contributed by atoms with Crippen molar-refractivity contribution in [1.82, 2.24) is 10.6 Å². The van der Waals surface area contributed by atoms with Crippen LogP contribution >= 0.6 is 12.4 Å². The Hall–Kier alpha value is -2.06. The van der Waals surface area contributed by atoms with Crippen LogP contribution in [-0.2, 0) is 6.54 Å². The van der Waals surface area contributed by atoms with Gasteiger partial charge in [0.2, 0.25) is 0 Å². The summed E-state index contributed by atoms with van der Waals surface area (Å²) < 4.78 is 5.85. The zero-order valence-corrected chi connectivity index (χ0v) is 17.5. The van der Waals surface area contributed by atoms with Crippen molar-refractivity contribution in [2.45, 2.75) is 51.2 Å². The second-order valence-corrected chi connectivity index (χ2v) is 7.16. The molecule has 28 heavy (non-hydrogen) atoms. The summed E-state index contributed by atoms with van der Waals surface area (Å²) >= 11 is 0. The summed E-state index contributed by atoms with van der Waals surface area (Å²) in [5.41, 5.74) is 4.14. The van der Waals surface area contributed by atoms with Gasteiger partial charge in [-0.1, -0.05) is 18.2 Å². The van der Waals surface area contributed by atoms with Crippen LogP contribution in [0.1, 0.15) is 43.7 Å². The largest absolute Gasteiger partial charge is 0.494 e. The Morgan fingerprint density at radius 1 is 1.00 bits per heavy atom. The third-order valence-corrected chi connectivity index (χ3v) is 5.42. The second kappa shape index (κ2) is 11.1. The number of nitriles is 1. The van der Waals surface area contributed by atoms with Gasteiger partial charge in [-0.2, -0.15) is 5.26 Å². The fraction of sp³-hybridized carbons (Fsp3) is 0.435. The molecule has 0 spiro atoms. The minimum absolute atomic E-state index is 0. The highest BCUT2D eigenvalue weighted by atomic mass is 35.5. The minimum atomic E-state index is 0. The summed E-state index contributed by atoms with van der Waals surface area (Å²) in [6.45, 7) is 3.50. The van der Waals surface area contributed by atoms with Gasteiger partial charge in [0.05, 0.1) is 18.2 Å². The number of ether oxygens (including phenoxy) is 1. The molecule has 2 aromatic carbocycles. The van der Waals surface area contributed by atoms with Gasteiger partial charge in [-0.05, 0) is 75.0 Å². The summed E-state index contributed by atoms with van der Waals surface area (Å²) in [6, 6.07) is 17.5. The van der Waals surface area contributed by atoms with Crippen molar-refractivity contribution in [2.75, 3.05) is 13.7 Å². The number of rotatable bonds is 7. The first-order valence-corrected chi connectivity index (χ1v) is 9.90. The molecule has 0 amide bonds. The lowest BCUT2D eigenvalue weighted by Gasteiger charge is -2.29. The lowest BCUT2D eigenvalue weighted by Crippen LogP contribution is -2.38. The van der Waals surface area contributed by atoms with Gasteiger partial charge in [0.15, 0.2) is 0 Å². The second-order valence-electron chi connectivity index (χ2n) is 7.16. The highest BCUT2D eigenvalue weighted by Crippen LogP contribution is 2.28. The van der Waals surface area contributed by atoms with E-state index in [2.05, 4.69) is 41.9 Å². The number of halogens is 1. The standard InChI is InChI=1S/C23H29N3O.ClH/c1-3-27-23-13-8-19(18-6-4-17(15-24)5-7-18)14-20(23)16-26-22-11-9-21(25-2)10-12-22;/h4-8,13-14,21-22,25-26H,3,9-12,16H2,1-2H3;1H. The van der Waals surface area contributed by atoms with Crippen LogP contribution in [0.25, 0.3) is 11.1 Å². The highest BCUT2D eigenvalue weighted by molar-refractivity contribution is 5.85. The number of benzene rings is 2. The molecular weight excluding hydrogens is 370 g/mol. The number of nitrogens with zero attached hydrogens (tertiary/aromatic N) is 1. The van der Waals surface area contributed by atoms with Crippen molar-refractivity contribution in [2.24, 2.45) is 0 Å². The summed E-state index contributed by atoms with van der Waals surface area (Å²) in [6.07, 6.45) is 4.89. The van der Waals surface area contributed by atoms with Gasteiger partial charge in [0.25, 0.3) is 0 Å². The van der Waals surface area contributed by atoms with Gasteiger partial charge < -0.3 is 15.4 Å². The van der Waals surface area contributed by atoms with Gasteiger partial charge in [-0.25, -0.2) is 0 Å². The van der Waals surface area contributed by atoms with Crippen molar-refractivity contribution in [1.29, 1.82) is 5.26 Å².